The zero-order chi connectivity index (χ0) is 9.64. The summed E-state index contributed by atoms with van der Waals surface area (Å²) in [7, 11) is 0. The van der Waals surface area contributed by atoms with Gasteiger partial charge in [0.1, 0.15) is 0 Å². The van der Waals surface area contributed by atoms with Crippen LogP contribution in [0.1, 0.15) is 26.2 Å². The van der Waals surface area contributed by atoms with E-state index < -0.39 is 11.4 Å². The van der Waals surface area contributed by atoms with E-state index in [0.717, 1.165) is 12.8 Å². The molecule has 4 nitrogen and oxygen atoms in total. The highest BCUT2D eigenvalue weighted by atomic mass is 16.4. The maximum Gasteiger partial charge on any atom is 0.311 e. The zero-order valence-corrected chi connectivity index (χ0v) is 7.62. The van der Waals surface area contributed by atoms with E-state index in [0.29, 0.717) is 13.0 Å². The molecule has 2 atom stereocenters. The third kappa shape index (κ3) is 1.04. The smallest absolute Gasteiger partial charge is 0.311 e. The summed E-state index contributed by atoms with van der Waals surface area (Å²) in [6, 6.07) is 0.189. The number of carboxylic acids is 1. The number of hydrogen-bond donors (Lipinski definition) is 1. The molecule has 0 aromatic heterocycles. The molecule has 2 rings (SSSR count). The van der Waals surface area contributed by atoms with E-state index in [1.165, 1.54) is 6.92 Å². The van der Waals surface area contributed by atoms with Crippen molar-refractivity contribution >= 4 is 11.9 Å². The molecule has 4 heteroatoms. The topological polar surface area (TPSA) is 57.6 Å². The van der Waals surface area contributed by atoms with Crippen molar-refractivity contribution < 1.29 is 14.7 Å². The summed E-state index contributed by atoms with van der Waals surface area (Å²) in [5, 5.41) is 9.05. The SMILES string of the molecule is CC(=O)N1CC2(C(=O)O)CCC1C2. The second kappa shape index (κ2) is 2.47. The number of fused-ring (bicyclic) bond motifs is 2. The van der Waals surface area contributed by atoms with Crippen molar-refractivity contribution in [3.63, 3.8) is 0 Å². The lowest BCUT2D eigenvalue weighted by Crippen LogP contribution is -2.41. The zero-order valence-electron chi connectivity index (χ0n) is 7.62. The van der Waals surface area contributed by atoms with Gasteiger partial charge in [-0.25, -0.2) is 0 Å². The summed E-state index contributed by atoms with van der Waals surface area (Å²) >= 11 is 0. The maximum absolute atomic E-state index is 11.1. The summed E-state index contributed by atoms with van der Waals surface area (Å²) in [6.45, 7) is 1.93. The number of likely N-dealkylation sites (tertiary alicyclic amines) is 1. The third-order valence-electron chi connectivity index (χ3n) is 3.35. The maximum atomic E-state index is 11.1. The molecule has 1 aliphatic heterocycles. The van der Waals surface area contributed by atoms with Gasteiger partial charge in [0.15, 0.2) is 0 Å². The van der Waals surface area contributed by atoms with Crippen molar-refractivity contribution in [3.8, 4) is 0 Å². The van der Waals surface area contributed by atoms with E-state index in [-0.39, 0.29) is 11.9 Å². The van der Waals surface area contributed by atoms with Crippen LogP contribution in [0.15, 0.2) is 0 Å². The van der Waals surface area contributed by atoms with Crippen molar-refractivity contribution in [2.75, 3.05) is 6.54 Å². The molecule has 2 bridgehead atoms. The van der Waals surface area contributed by atoms with Crippen LogP contribution in [0.5, 0.6) is 0 Å². The van der Waals surface area contributed by atoms with Crippen LogP contribution >= 0.6 is 0 Å². The highest BCUT2D eigenvalue weighted by Gasteiger charge is 2.55. The first-order chi connectivity index (χ1) is 6.05. The molecule has 1 heterocycles. The molecule has 1 aliphatic carbocycles. The summed E-state index contributed by atoms with van der Waals surface area (Å²) in [6.07, 6.45) is 2.24. The van der Waals surface area contributed by atoms with Crippen LogP contribution in [-0.2, 0) is 9.59 Å². The highest BCUT2D eigenvalue weighted by molar-refractivity contribution is 5.80. The number of hydrogen-bond acceptors (Lipinski definition) is 2. The van der Waals surface area contributed by atoms with Crippen LogP contribution in [0.3, 0.4) is 0 Å². The van der Waals surface area contributed by atoms with Crippen LogP contribution < -0.4 is 0 Å². The number of carboxylic acid groups (broad SMARTS) is 1. The number of carbonyl (C=O) groups is 2. The van der Waals surface area contributed by atoms with Gasteiger partial charge in [0.25, 0.3) is 0 Å². The molecule has 13 heavy (non-hydrogen) atoms. The summed E-state index contributed by atoms with van der Waals surface area (Å²) in [5.74, 6) is -0.730. The number of carbonyl (C=O) groups excluding carboxylic acids is 1. The third-order valence-corrected chi connectivity index (χ3v) is 3.35. The summed E-state index contributed by atoms with van der Waals surface area (Å²) in [5.41, 5.74) is -0.615. The van der Waals surface area contributed by atoms with Crippen molar-refractivity contribution in [2.45, 2.75) is 32.2 Å². The van der Waals surface area contributed by atoms with Crippen LogP contribution in [0.25, 0.3) is 0 Å². The molecular formula is C9H13NO3. The van der Waals surface area contributed by atoms with Gasteiger partial charge in [0, 0.05) is 19.5 Å². The summed E-state index contributed by atoms with van der Waals surface area (Å²) < 4.78 is 0. The van der Waals surface area contributed by atoms with E-state index >= 15 is 0 Å². The Morgan fingerprint density at radius 1 is 1.54 bits per heavy atom. The van der Waals surface area contributed by atoms with Gasteiger partial charge in [-0.1, -0.05) is 0 Å². The van der Waals surface area contributed by atoms with Crippen LogP contribution in [0.2, 0.25) is 0 Å². The summed E-state index contributed by atoms with van der Waals surface area (Å²) in [4.78, 5) is 23.9. The minimum atomic E-state index is -0.737. The number of amides is 1. The first-order valence-electron chi connectivity index (χ1n) is 4.56. The second-order valence-electron chi connectivity index (χ2n) is 4.13. The molecule has 1 saturated carbocycles. The van der Waals surface area contributed by atoms with Crippen molar-refractivity contribution in [1.29, 1.82) is 0 Å². The lowest BCUT2D eigenvalue weighted by Gasteiger charge is -2.29. The van der Waals surface area contributed by atoms with Gasteiger partial charge in [-0.15, -0.1) is 0 Å². The molecule has 2 fully saturated rings. The predicted octanol–water partition coefficient (Wildman–Crippen LogP) is 0.472. The molecule has 0 aromatic carbocycles. The fraction of sp³-hybridized carbons (Fsp3) is 0.778. The number of aliphatic carboxylic acids is 1. The van der Waals surface area contributed by atoms with E-state index in [9.17, 15) is 9.59 Å². The minimum Gasteiger partial charge on any atom is -0.481 e. The Morgan fingerprint density at radius 2 is 2.23 bits per heavy atom. The Labute approximate surface area is 76.5 Å². The molecule has 0 aromatic rings. The number of rotatable bonds is 1. The van der Waals surface area contributed by atoms with Gasteiger partial charge in [-0.3, -0.25) is 9.59 Å². The van der Waals surface area contributed by atoms with Gasteiger partial charge < -0.3 is 10.0 Å². The molecule has 2 unspecified atom stereocenters. The van der Waals surface area contributed by atoms with E-state index in [4.69, 9.17) is 5.11 Å². The Morgan fingerprint density at radius 3 is 2.62 bits per heavy atom. The molecule has 1 saturated heterocycles. The molecule has 0 spiro atoms. The molecule has 72 valence electrons. The van der Waals surface area contributed by atoms with Crippen molar-refractivity contribution in [3.05, 3.63) is 0 Å². The fourth-order valence-electron chi connectivity index (χ4n) is 2.59. The Bertz CT molecular complexity index is 276. The van der Waals surface area contributed by atoms with Gasteiger partial charge >= 0.3 is 5.97 Å². The van der Waals surface area contributed by atoms with Crippen LogP contribution in [-0.4, -0.2) is 34.5 Å². The molecule has 1 amide bonds. The molecular weight excluding hydrogens is 170 g/mol. The van der Waals surface area contributed by atoms with Gasteiger partial charge in [0.2, 0.25) is 5.91 Å². The van der Waals surface area contributed by atoms with Gasteiger partial charge in [-0.2, -0.15) is 0 Å². The molecule has 1 N–H and O–H groups in total. The fourth-order valence-corrected chi connectivity index (χ4v) is 2.59. The first-order valence-corrected chi connectivity index (χ1v) is 4.56. The van der Waals surface area contributed by atoms with Crippen LogP contribution in [0.4, 0.5) is 0 Å². The van der Waals surface area contributed by atoms with Crippen molar-refractivity contribution in [2.24, 2.45) is 5.41 Å². The lowest BCUT2D eigenvalue weighted by molar-refractivity contribution is -0.149. The molecule has 2 aliphatic rings. The monoisotopic (exact) mass is 183 g/mol. The largest absolute Gasteiger partial charge is 0.481 e. The quantitative estimate of drug-likeness (QED) is 0.643. The standard InChI is InChI=1S/C9H13NO3/c1-6(11)10-5-9(8(12)13)3-2-7(10)4-9/h7H,2-5H2,1H3,(H,12,13). The highest BCUT2D eigenvalue weighted by Crippen LogP contribution is 2.47. The predicted molar refractivity (Wildman–Crippen MR) is 45.1 cm³/mol. The van der Waals surface area contributed by atoms with E-state index in [1.54, 1.807) is 4.90 Å². The average molecular weight is 183 g/mol. The van der Waals surface area contributed by atoms with Crippen LogP contribution in [0, 0.1) is 5.41 Å². The van der Waals surface area contributed by atoms with E-state index in [2.05, 4.69) is 0 Å². The van der Waals surface area contributed by atoms with Crippen molar-refractivity contribution in [1.82, 2.24) is 4.90 Å². The number of nitrogens with zero attached hydrogens (tertiary/aromatic N) is 1. The van der Waals surface area contributed by atoms with E-state index in [1.807, 2.05) is 0 Å². The van der Waals surface area contributed by atoms with Gasteiger partial charge in [-0.05, 0) is 19.3 Å². The minimum absolute atomic E-state index is 0.00725. The normalized spacial score (nSPS) is 36.7. The lowest BCUT2D eigenvalue weighted by atomic mass is 9.88. The Hall–Kier alpha value is -1.06. The second-order valence-corrected chi connectivity index (χ2v) is 4.13. The average Bonchev–Trinajstić information content (AvgIpc) is 2.60. The van der Waals surface area contributed by atoms with Gasteiger partial charge in [0.05, 0.1) is 5.41 Å². The Balaban J connectivity index is 2.22. The number of piperidine rings is 1. The Kier molecular flexibility index (Phi) is 1.62. The first kappa shape index (κ1) is 8.53. The molecule has 0 radical (unpaired) electrons.